The molecule has 0 spiro atoms. The summed E-state index contributed by atoms with van der Waals surface area (Å²) < 4.78 is 1.02. The lowest BCUT2D eigenvalue weighted by Gasteiger charge is -2.31. The molecule has 2 aromatic rings. The second-order valence-corrected chi connectivity index (χ2v) is 7.60. The number of hydrogen-bond acceptors (Lipinski definition) is 4. The van der Waals surface area contributed by atoms with E-state index in [4.69, 9.17) is 5.11 Å². The monoisotopic (exact) mass is 359 g/mol. The number of fused-ring (bicyclic) bond motifs is 1. The number of ketones is 1. The Morgan fingerprint density at radius 2 is 1.88 bits per heavy atom. The van der Waals surface area contributed by atoms with Crippen molar-refractivity contribution in [1.29, 1.82) is 0 Å². The van der Waals surface area contributed by atoms with Gasteiger partial charge in [-0.2, -0.15) is 0 Å². The molecule has 132 valence electrons. The van der Waals surface area contributed by atoms with Crippen molar-refractivity contribution in [2.45, 2.75) is 32.6 Å². The third kappa shape index (κ3) is 3.74. The van der Waals surface area contributed by atoms with E-state index in [9.17, 15) is 14.4 Å². The number of benzene rings is 1. The SMILES string of the molecule is Cc1c(C(=O)C(=O)N2CCC(CCC(=O)O)CC2)sc2ccccc12. The highest BCUT2D eigenvalue weighted by atomic mass is 32.1. The number of amides is 1. The van der Waals surface area contributed by atoms with Crippen LogP contribution in [0, 0.1) is 12.8 Å². The predicted octanol–water partition coefficient (Wildman–Crippen LogP) is 3.50. The lowest BCUT2D eigenvalue weighted by atomic mass is 9.92. The Kier molecular flexibility index (Phi) is 5.18. The number of piperidine rings is 1. The summed E-state index contributed by atoms with van der Waals surface area (Å²) in [5, 5.41) is 9.79. The van der Waals surface area contributed by atoms with Crippen LogP contribution >= 0.6 is 11.3 Å². The van der Waals surface area contributed by atoms with Gasteiger partial charge in [0.2, 0.25) is 0 Å². The van der Waals surface area contributed by atoms with Crippen molar-refractivity contribution < 1.29 is 19.5 Å². The fourth-order valence-electron chi connectivity index (χ4n) is 3.38. The first-order valence-electron chi connectivity index (χ1n) is 8.51. The average Bonchev–Trinajstić information content (AvgIpc) is 2.96. The molecule has 5 nitrogen and oxygen atoms in total. The molecule has 1 aromatic carbocycles. The van der Waals surface area contributed by atoms with Gasteiger partial charge >= 0.3 is 5.97 Å². The summed E-state index contributed by atoms with van der Waals surface area (Å²) >= 11 is 1.37. The predicted molar refractivity (Wildman–Crippen MR) is 97.1 cm³/mol. The summed E-state index contributed by atoms with van der Waals surface area (Å²) in [6.45, 7) is 2.94. The number of aliphatic carboxylic acids is 1. The molecule has 2 heterocycles. The van der Waals surface area contributed by atoms with E-state index in [2.05, 4.69) is 0 Å². The first kappa shape index (κ1) is 17.6. The van der Waals surface area contributed by atoms with E-state index in [1.807, 2.05) is 31.2 Å². The molecular weight excluding hydrogens is 338 g/mol. The topological polar surface area (TPSA) is 74.7 Å². The number of carbonyl (C=O) groups is 3. The Bertz CT molecular complexity index is 818. The second kappa shape index (κ2) is 7.35. The van der Waals surface area contributed by atoms with Gasteiger partial charge in [-0.15, -0.1) is 11.3 Å². The van der Waals surface area contributed by atoms with Gasteiger partial charge in [0.05, 0.1) is 4.88 Å². The fourth-order valence-corrected chi connectivity index (χ4v) is 4.52. The zero-order valence-corrected chi connectivity index (χ0v) is 15.0. The van der Waals surface area contributed by atoms with Gasteiger partial charge in [-0.3, -0.25) is 14.4 Å². The standard InChI is InChI=1S/C19H21NO4S/c1-12-14-4-2-3-5-15(14)25-18(12)17(23)19(24)20-10-8-13(9-11-20)6-7-16(21)22/h2-5,13H,6-11H2,1H3,(H,21,22). The smallest absolute Gasteiger partial charge is 0.303 e. The Morgan fingerprint density at radius 1 is 1.20 bits per heavy atom. The molecule has 0 aliphatic carbocycles. The van der Waals surface area contributed by atoms with Gasteiger partial charge in [-0.25, -0.2) is 0 Å². The Labute approximate surface area is 150 Å². The maximum absolute atomic E-state index is 12.7. The third-order valence-electron chi connectivity index (χ3n) is 4.91. The molecule has 1 aromatic heterocycles. The molecule has 1 N–H and O–H groups in total. The molecule has 1 aliphatic heterocycles. The minimum atomic E-state index is -0.783. The zero-order valence-electron chi connectivity index (χ0n) is 14.2. The van der Waals surface area contributed by atoms with E-state index in [1.165, 1.54) is 11.3 Å². The number of Topliss-reactive ketones (excluding diaryl/α,β-unsaturated/α-hetero) is 1. The van der Waals surface area contributed by atoms with Crippen LogP contribution in [0.4, 0.5) is 0 Å². The molecule has 0 atom stereocenters. The van der Waals surface area contributed by atoms with E-state index < -0.39 is 17.7 Å². The summed E-state index contributed by atoms with van der Waals surface area (Å²) in [6, 6.07) is 7.79. The van der Waals surface area contributed by atoms with E-state index in [1.54, 1.807) is 4.90 Å². The van der Waals surface area contributed by atoms with E-state index >= 15 is 0 Å². The summed E-state index contributed by atoms with van der Waals surface area (Å²) in [6.07, 6.45) is 2.33. The van der Waals surface area contributed by atoms with Crippen LogP contribution in [0.2, 0.25) is 0 Å². The molecule has 3 rings (SSSR count). The van der Waals surface area contributed by atoms with E-state index in [0.717, 1.165) is 28.5 Å². The molecule has 0 saturated carbocycles. The number of carbonyl (C=O) groups excluding carboxylic acids is 2. The van der Waals surface area contributed by atoms with E-state index in [0.29, 0.717) is 30.3 Å². The van der Waals surface area contributed by atoms with Crippen LogP contribution in [0.25, 0.3) is 10.1 Å². The lowest BCUT2D eigenvalue weighted by molar-refractivity contribution is -0.137. The molecule has 1 saturated heterocycles. The molecule has 0 radical (unpaired) electrons. The normalized spacial score (nSPS) is 15.5. The maximum atomic E-state index is 12.7. The number of thiophene rings is 1. The van der Waals surface area contributed by atoms with Gasteiger partial charge in [0.15, 0.2) is 0 Å². The Hall–Kier alpha value is -2.21. The van der Waals surface area contributed by atoms with Crippen LogP contribution in [0.5, 0.6) is 0 Å². The average molecular weight is 359 g/mol. The van der Waals surface area contributed by atoms with Gasteiger partial charge in [0.25, 0.3) is 11.7 Å². The first-order chi connectivity index (χ1) is 12.0. The number of nitrogens with zero attached hydrogens (tertiary/aromatic N) is 1. The zero-order chi connectivity index (χ0) is 18.0. The largest absolute Gasteiger partial charge is 0.481 e. The highest BCUT2D eigenvalue weighted by Crippen LogP contribution is 2.31. The second-order valence-electron chi connectivity index (χ2n) is 6.55. The summed E-state index contributed by atoms with van der Waals surface area (Å²) in [5.74, 6) is -1.33. The van der Waals surface area contributed by atoms with Crippen molar-refractivity contribution in [1.82, 2.24) is 4.90 Å². The maximum Gasteiger partial charge on any atom is 0.303 e. The van der Waals surface area contributed by atoms with E-state index in [-0.39, 0.29) is 6.42 Å². The Morgan fingerprint density at radius 3 is 2.52 bits per heavy atom. The number of carboxylic acid groups (broad SMARTS) is 1. The molecule has 1 amide bonds. The number of rotatable bonds is 5. The number of carboxylic acids is 1. The minimum Gasteiger partial charge on any atom is -0.481 e. The molecule has 1 fully saturated rings. The van der Waals surface area contributed by atoms with Crippen LogP contribution in [0.3, 0.4) is 0 Å². The van der Waals surface area contributed by atoms with Crippen molar-refractivity contribution in [2.75, 3.05) is 13.1 Å². The van der Waals surface area contributed by atoms with Gasteiger partial charge < -0.3 is 10.0 Å². The molecule has 0 unspecified atom stereocenters. The van der Waals surface area contributed by atoms with Crippen molar-refractivity contribution in [3.8, 4) is 0 Å². The van der Waals surface area contributed by atoms with Crippen LogP contribution in [0.1, 0.15) is 40.9 Å². The highest BCUT2D eigenvalue weighted by Gasteiger charge is 2.30. The third-order valence-corrected chi connectivity index (χ3v) is 6.18. The lowest BCUT2D eigenvalue weighted by Crippen LogP contribution is -2.42. The molecular formula is C19H21NO4S. The first-order valence-corrected chi connectivity index (χ1v) is 9.32. The van der Waals surface area contributed by atoms with Gasteiger partial charge in [0, 0.05) is 24.2 Å². The Balaban J connectivity index is 1.66. The van der Waals surface area contributed by atoms with Crippen molar-refractivity contribution in [3.05, 3.63) is 34.7 Å². The van der Waals surface area contributed by atoms with Crippen molar-refractivity contribution >= 4 is 39.1 Å². The van der Waals surface area contributed by atoms with Gasteiger partial charge in [0.1, 0.15) is 0 Å². The molecule has 6 heteroatoms. The molecule has 1 aliphatic rings. The number of hydrogen-bond donors (Lipinski definition) is 1. The van der Waals surface area contributed by atoms with Crippen molar-refractivity contribution in [3.63, 3.8) is 0 Å². The minimum absolute atomic E-state index is 0.165. The van der Waals surface area contributed by atoms with Crippen molar-refractivity contribution in [2.24, 2.45) is 5.92 Å². The van der Waals surface area contributed by atoms with Gasteiger partial charge in [-0.1, -0.05) is 18.2 Å². The number of likely N-dealkylation sites (tertiary alicyclic amines) is 1. The van der Waals surface area contributed by atoms with Gasteiger partial charge in [-0.05, 0) is 49.1 Å². The molecule has 0 bridgehead atoms. The number of aryl methyl sites for hydroxylation is 1. The summed E-state index contributed by atoms with van der Waals surface area (Å²) in [7, 11) is 0. The van der Waals surface area contributed by atoms with Crippen LogP contribution in [0.15, 0.2) is 24.3 Å². The molecule has 25 heavy (non-hydrogen) atoms. The van der Waals surface area contributed by atoms with Crippen LogP contribution in [-0.4, -0.2) is 40.8 Å². The summed E-state index contributed by atoms with van der Waals surface area (Å²) in [4.78, 5) is 38.1. The van der Waals surface area contributed by atoms with Crippen LogP contribution < -0.4 is 0 Å². The van der Waals surface area contributed by atoms with Crippen LogP contribution in [-0.2, 0) is 9.59 Å². The summed E-state index contributed by atoms with van der Waals surface area (Å²) in [5.41, 5.74) is 0.871. The highest BCUT2D eigenvalue weighted by molar-refractivity contribution is 7.21. The quantitative estimate of drug-likeness (QED) is 0.655. The fraction of sp³-hybridized carbons (Fsp3) is 0.421.